The molecule has 1 nitrogen and oxygen atoms in total. The van der Waals surface area contributed by atoms with Crippen LogP contribution in [0.5, 0.6) is 0 Å². The fraction of sp³-hybridized carbons (Fsp3) is 0.733. The molecule has 1 unspecified atom stereocenters. The van der Waals surface area contributed by atoms with Crippen LogP contribution in [0.15, 0.2) is 6.07 Å². The first-order valence-electron chi connectivity index (χ1n) is 6.85. The maximum absolute atomic E-state index is 13.8. The molecule has 0 spiro atoms. The Balaban J connectivity index is 2.21. The number of thiophene rings is 1. The zero-order valence-electron chi connectivity index (χ0n) is 11.8. The number of aliphatic hydroxyl groups excluding tert-OH is 1. The van der Waals surface area contributed by atoms with Gasteiger partial charge in [0, 0.05) is 17.9 Å². The number of fused-ring (bicyclic) bond motifs is 1. The summed E-state index contributed by atoms with van der Waals surface area (Å²) in [5, 5.41) is 8.74. The van der Waals surface area contributed by atoms with Gasteiger partial charge in [-0.25, -0.2) is 8.78 Å². The Bertz CT molecular complexity index is 445. The molecule has 4 heteroatoms. The van der Waals surface area contributed by atoms with E-state index in [1.165, 1.54) is 11.3 Å². The summed E-state index contributed by atoms with van der Waals surface area (Å²) in [6.45, 7) is 6.18. The summed E-state index contributed by atoms with van der Waals surface area (Å²) in [5.74, 6) is -2.32. The second-order valence-electron chi connectivity index (χ2n) is 6.54. The molecule has 0 fully saturated rings. The van der Waals surface area contributed by atoms with E-state index in [0.717, 1.165) is 29.7 Å². The zero-order chi connectivity index (χ0) is 14.3. The molecule has 1 aromatic heterocycles. The van der Waals surface area contributed by atoms with Gasteiger partial charge in [0.05, 0.1) is 4.88 Å². The van der Waals surface area contributed by atoms with Crippen molar-refractivity contribution in [2.75, 3.05) is 6.61 Å². The van der Waals surface area contributed by atoms with E-state index in [9.17, 15) is 8.78 Å². The average Bonchev–Trinajstić information content (AvgIpc) is 2.70. The number of rotatable bonds is 3. The molecule has 1 atom stereocenters. The van der Waals surface area contributed by atoms with Crippen LogP contribution in [0.25, 0.3) is 0 Å². The zero-order valence-corrected chi connectivity index (χ0v) is 12.6. The summed E-state index contributed by atoms with van der Waals surface area (Å²) in [6, 6.07) is 1.67. The fourth-order valence-corrected chi connectivity index (χ4v) is 3.92. The first kappa shape index (κ1) is 14.9. The Labute approximate surface area is 117 Å². The third kappa shape index (κ3) is 3.16. The molecule has 0 aromatic carbocycles. The van der Waals surface area contributed by atoms with Gasteiger partial charge in [-0.05, 0) is 42.2 Å². The van der Waals surface area contributed by atoms with Crippen molar-refractivity contribution in [3.63, 3.8) is 0 Å². The predicted molar refractivity (Wildman–Crippen MR) is 74.9 cm³/mol. The van der Waals surface area contributed by atoms with Gasteiger partial charge >= 0.3 is 0 Å². The maximum Gasteiger partial charge on any atom is 0.284 e. The molecular formula is C15H22F2OS. The molecule has 0 radical (unpaired) electrons. The smallest absolute Gasteiger partial charge is 0.284 e. The molecule has 1 aliphatic rings. The Hall–Kier alpha value is -0.480. The Morgan fingerprint density at radius 3 is 2.63 bits per heavy atom. The standard InChI is InChI=1S/C15H22F2OS/c1-14(2,3)11-4-5-12-10(8-11)9-13(19-12)15(16,17)6-7-18/h9,11,18H,4-8H2,1-3H3. The molecule has 0 aliphatic heterocycles. The van der Waals surface area contributed by atoms with E-state index in [1.807, 2.05) is 0 Å². The largest absolute Gasteiger partial charge is 0.396 e. The molecule has 108 valence electrons. The summed E-state index contributed by atoms with van der Waals surface area (Å²) in [4.78, 5) is 1.24. The first-order valence-corrected chi connectivity index (χ1v) is 7.66. The van der Waals surface area contributed by atoms with E-state index < -0.39 is 19.0 Å². The molecular weight excluding hydrogens is 266 g/mol. The SMILES string of the molecule is CC(C)(C)C1CCc2sc(C(F)(F)CCO)cc2C1. The van der Waals surface area contributed by atoms with Crippen LogP contribution in [-0.4, -0.2) is 11.7 Å². The minimum atomic E-state index is -2.88. The minimum absolute atomic E-state index is 0.126. The normalized spacial score (nSPS) is 20.4. The Kier molecular flexibility index (Phi) is 4.03. The molecule has 0 amide bonds. The monoisotopic (exact) mass is 288 g/mol. The van der Waals surface area contributed by atoms with E-state index in [4.69, 9.17) is 5.11 Å². The molecule has 0 saturated carbocycles. The first-order chi connectivity index (χ1) is 8.74. The van der Waals surface area contributed by atoms with Gasteiger partial charge < -0.3 is 5.11 Å². The number of aryl methyl sites for hydroxylation is 1. The molecule has 1 aromatic rings. The van der Waals surface area contributed by atoms with Crippen LogP contribution in [0.4, 0.5) is 8.78 Å². The maximum atomic E-state index is 13.8. The van der Waals surface area contributed by atoms with Gasteiger partial charge in [-0.3, -0.25) is 0 Å². The summed E-state index contributed by atoms with van der Waals surface area (Å²) in [6.07, 6.45) is 2.43. The minimum Gasteiger partial charge on any atom is -0.396 e. The van der Waals surface area contributed by atoms with Crippen LogP contribution < -0.4 is 0 Å². The third-order valence-corrected chi connectivity index (χ3v) is 5.44. The average molecular weight is 288 g/mol. The van der Waals surface area contributed by atoms with Crippen LogP contribution >= 0.6 is 11.3 Å². The van der Waals surface area contributed by atoms with E-state index >= 15 is 0 Å². The second-order valence-corrected chi connectivity index (χ2v) is 7.68. The van der Waals surface area contributed by atoms with Crippen LogP contribution in [0, 0.1) is 11.3 Å². The summed E-state index contributed by atoms with van der Waals surface area (Å²) in [7, 11) is 0. The number of alkyl halides is 2. The highest BCUT2D eigenvalue weighted by molar-refractivity contribution is 7.12. The van der Waals surface area contributed by atoms with E-state index in [0.29, 0.717) is 5.92 Å². The molecule has 0 bridgehead atoms. The quantitative estimate of drug-likeness (QED) is 0.875. The molecule has 0 saturated heterocycles. The van der Waals surface area contributed by atoms with E-state index in [-0.39, 0.29) is 10.3 Å². The van der Waals surface area contributed by atoms with Crippen molar-refractivity contribution in [3.05, 3.63) is 21.4 Å². The number of hydrogen-bond donors (Lipinski definition) is 1. The van der Waals surface area contributed by atoms with Crippen molar-refractivity contribution in [1.82, 2.24) is 0 Å². The van der Waals surface area contributed by atoms with Gasteiger partial charge in [0.25, 0.3) is 5.92 Å². The van der Waals surface area contributed by atoms with Gasteiger partial charge in [0.15, 0.2) is 0 Å². The van der Waals surface area contributed by atoms with Crippen molar-refractivity contribution in [2.24, 2.45) is 11.3 Å². The number of halogens is 2. The highest BCUT2D eigenvalue weighted by Gasteiger charge is 2.36. The highest BCUT2D eigenvalue weighted by Crippen LogP contribution is 2.44. The molecule has 2 rings (SSSR count). The van der Waals surface area contributed by atoms with Crippen molar-refractivity contribution >= 4 is 11.3 Å². The summed E-state index contributed by atoms with van der Waals surface area (Å²) in [5.41, 5.74) is 1.33. The lowest BCUT2D eigenvalue weighted by Crippen LogP contribution is -2.26. The van der Waals surface area contributed by atoms with E-state index in [1.54, 1.807) is 6.07 Å². The topological polar surface area (TPSA) is 20.2 Å². The van der Waals surface area contributed by atoms with Gasteiger partial charge in [-0.1, -0.05) is 20.8 Å². The summed E-state index contributed by atoms with van der Waals surface area (Å²) >= 11 is 1.23. The second kappa shape index (κ2) is 5.13. The van der Waals surface area contributed by atoms with Gasteiger partial charge in [-0.2, -0.15) is 0 Å². The van der Waals surface area contributed by atoms with Crippen molar-refractivity contribution < 1.29 is 13.9 Å². The van der Waals surface area contributed by atoms with Crippen molar-refractivity contribution in [2.45, 2.75) is 52.4 Å². The Morgan fingerprint density at radius 2 is 2.05 bits per heavy atom. The third-order valence-electron chi connectivity index (χ3n) is 4.09. The number of aliphatic hydroxyl groups is 1. The molecule has 1 N–H and O–H groups in total. The van der Waals surface area contributed by atoms with Gasteiger partial charge in [-0.15, -0.1) is 11.3 Å². The van der Waals surface area contributed by atoms with Crippen LogP contribution in [0.2, 0.25) is 0 Å². The lowest BCUT2D eigenvalue weighted by Gasteiger charge is -2.33. The summed E-state index contributed by atoms with van der Waals surface area (Å²) < 4.78 is 27.6. The van der Waals surface area contributed by atoms with Crippen molar-refractivity contribution in [1.29, 1.82) is 0 Å². The van der Waals surface area contributed by atoms with Crippen LogP contribution in [-0.2, 0) is 18.8 Å². The number of hydrogen-bond acceptors (Lipinski definition) is 2. The van der Waals surface area contributed by atoms with E-state index in [2.05, 4.69) is 20.8 Å². The fourth-order valence-electron chi connectivity index (χ4n) is 2.71. The lowest BCUT2D eigenvalue weighted by atomic mass is 9.72. The lowest BCUT2D eigenvalue weighted by molar-refractivity contribution is -0.0234. The molecule has 1 aliphatic carbocycles. The Morgan fingerprint density at radius 1 is 1.37 bits per heavy atom. The predicted octanol–water partition coefficient (Wildman–Crippen LogP) is 4.37. The molecule has 1 heterocycles. The van der Waals surface area contributed by atoms with Gasteiger partial charge in [0.1, 0.15) is 0 Å². The highest BCUT2D eigenvalue weighted by atomic mass is 32.1. The molecule has 19 heavy (non-hydrogen) atoms. The van der Waals surface area contributed by atoms with Gasteiger partial charge in [0.2, 0.25) is 0 Å². The van der Waals surface area contributed by atoms with Crippen molar-refractivity contribution in [3.8, 4) is 0 Å². The van der Waals surface area contributed by atoms with Crippen LogP contribution in [0.1, 0.15) is 48.9 Å². The van der Waals surface area contributed by atoms with Crippen LogP contribution in [0.3, 0.4) is 0 Å².